The number of unbranched alkanes of at least 4 members (excludes halogenated alkanes) is 3. The number of methoxy groups -OCH3 is 1. The number of ether oxygens (including phenoxy) is 3. The number of carbonyl (C=O) groups is 3. The van der Waals surface area contributed by atoms with Crippen LogP contribution in [0.4, 0.5) is 4.79 Å². The van der Waals surface area contributed by atoms with Crippen LogP contribution in [0.3, 0.4) is 0 Å². The van der Waals surface area contributed by atoms with Crippen LogP contribution in [-0.2, 0) is 23.8 Å². The van der Waals surface area contributed by atoms with E-state index in [1.165, 1.54) is 50.2 Å². The van der Waals surface area contributed by atoms with E-state index in [9.17, 15) is 14.4 Å². The summed E-state index contributed by atoms with van der Waals surface area (Å²) < 4.78 is 19.9. The fraction of sp³-hybridized carbons (Fsp3) is 0.750. The maximum absolute atomic E-state index is 13.1. The summed E-state index contributed by atoms with van der Waals surface area (Å²) in [7, 11) is 1.34. The van der Waals surface area contributed by atoms with Gasteiger partial charge in [-0.25, -0.2) is 0 Å². The Labute approximate surface area is 218 Å². The molecule has 0 aromatic carbocycles. The second kappa shape index (κ2) is 18.0. The van der Waals surface area contributed by atoms with Gasteiger partial charge in [0.25, 0.3) is 0 Å². The van der Waals surface area contributed by atoms with Gasteiger partial charge < -0.3 is 0 Å². The summed E-state index contributed by atoms with van der Waals surface area (Å²) in [6.07, 6.45) is 8.58. The third kappa shape index (κ3) is 11.1. The Morgan fingerprint density at radius 2 is 1.40 bits per heavy atom. The summed E-state index contributed by atoms with van der Waals surface area (Å²) in [5.74, 6) is -0.717. The quantitative estimate of drug-likeness (QED) is 0.0658. The Morgan fingerprint density at radius 3 is 1.80 bits per heavy atom. The van der Waals surface area contributed by atoms with Crippen LogP contribution < -0.4 is 0 Å². The number of ketones is 1. The average molecular weight is 601 g/mol. The van der Waals surface area contributed by atoms with E-state index in [1.54, 1.807) is 6.92 Å². The molecule has 7 heteroatoms. The van der Waals surface area contributed by atoms with Gasteiger partial charge >= 0.3 is 219 Å². The van der Waals surface area contributed by atoms with E-state index < -0.39 is 35.9 Å². The molecular formula is C28H50O6Sn. The van der Waals surface area contributed by atoms with Crippen LogP contribution in [0, 0.1) is 5.41 Å². The first-order valence-corrected chi connectivity index (χ1v) is 20.8. The van der Waals surface area contributed by atoms with Gasteiger partial charge in [0.15, 0.2) is 0 Å². The van der Waals surface area contributed by atoms with Crippen molar-refractivity contribution >= 4 is 36.3 Å². The van der Waals surface area contributed by atoms with Gasteiger partial charge in [-0.2, -0.15) is 0 Å². The van der Waals surface area contributed by atoms with Crippen molar-refractivity contribution in [3.05, 3.63) is 21.8 Å². The fourth-order valence-corrected chi connectivity index (χ4v) is 20.5. The molecule has 0 heterocycles. The summed E-state index contributed by atoms with van der Waals surface area (Å²) in [5, 5.41) is 0. The number of rotatable bonds is 19. The van der Waals surface area contributed by atoms with Crippen molar-refractivity contribution in [2.75, 3.05) is 20.3 Å². The molecule has 0 amide bonds. The van der Waals surface area contributed by atoms with Crippen LogP contribution in [0.1, 0.15) is 92.9 Å². The molecule has 0 saturated carbocycles. The van der Waals surface area contributed by atoms with Crippen molar-refractivity contribution < 1.29 is 28.6 Å². The van der Waals surface area contributed by atoms with Gasteiger partial charge in [0, 0.05) is 0 Å². The predicted octanol–water partition coefficient (Wildman–Crippen LogP) is 7.58. The van der Waals surface area contributed by atoms with Crippen molar-refractivity contribution in [3.63, 3.8) is 0 Å². The van der Waals surface area contributed by atoms with Gasteiger partial charge in [-0.05, 0) is 0 Å². The van der Waals surface area contributed by atoms with Gasteiger partial charge in [0.05, 0.1) is 0 Å². The van der Waals surface area contributed by atoms with Gasteiger partial charge in [0.1, 0.15) is 0 Å². The standard InChI is InChI=1S/C16H23O6.3C4H9.Sn/c1-6-9-16(13(4)17,14(18)20-5)10-8-12(3)11-22-15(19)21-7-2;3*1-3-4-2;/h8H,1,7,9-11H2,2-5H3;3*1,3-4H2,2H3;/b12-8+;;;;. The number of Topliss-reactive ketones (excluding diaryl/α,β-unsaturated/α-hetero) is 1. The normalized spacial score (nSPS) is 13.6. The molecule has 0 aromatic heterocycles. The molecule has 35 heavy (non-hydrogen) atoms. The van der Waals surface area contributed by atoms with E-state index in [2.05, 4.69) is 27.4 Å². The molecular weight excluding hydrogens is 551 g/mol. The summed E-state index contributed by atoms with van der Waals surface area (Å²) in [6.45, 7) is 16.5. The molecule has 6 nitrogen and oxygen atoms in total. The van der Waals surface area contributed by atoms with Crippen molar-refractivity contribution in [1.29, 1.82) is 0 Å². The molecule has 0 aromatic rings. The topological polar surface area (TPSA) is 78.9 Å². The average Bonchev–Trinajstić information content (AvgIpc) is 2.84. The second-order valence-electron chi connectivity index (χ2n) is 9.73. The molecule has 0 bridgehead atoms. The minimum absolute atomic E-state index is 0.0433. The molecule has 0 spiro atoms. The first-order valence-electron chi connectivity index (χ1n) is 13.3. The van der Waals surface area contributed by atoms with E-state index in [4.69, 9.17) is 14.2 Å². The Kier molecular flexibility index (Phi) is 17.3. The first-order chi connectivity index (χ1) is 16.6. The molecule has 1 atom stereocenters. The van der Waals surface area contributed by atoms with Crippen LogP contribution in [0.5, 0.6) is 0 Å². The van der Waals surface area contributed by atoms with Gasteiger partial charge in [-0.15, -0.1) is 0 Å². The molecule has 0 rings (SSSR count). The molecule has 0 fully saturated rings. The maximum atomic E-state index is 13.1. The summed E-state index contributed by atoms with van der Waals surface area (Å²) in [4.78, 5) is 37.8. The van der Waals surface area contributed by atoms with Crippen molar-refractivity contribution in [3.8, 4) is 0 Å². The third-order valence-electron chi connectivity index (χ3n) is 7.02. The first kappa shape index (κ1) is 33.7. The second-order valence-corrected chi connectivity index (χ2v) is 23.3. The SMILES string of the molecule is C=[C](CC(C/C=C(\C)COC(=O)OCC)(C(C)=O)C(=O)OC)[Sn]([CH2]CCC)([CH2]CCC)[CH2]CCC. The van der Waals surface area contributed by atoms with Crippen LogP contribution in [0.25, 0.3) is 0 Å². The summed E-state index contributed by atoms with van der Waals surface area (Å²) in [5.41, 5.74) is -0.556. The Morgan fingerprint density at radius 1 is 0.886 bits per heavy atom. The Balaban J connectivity index is 6.11. The van der Waals surface area contributed by atoms with Gasteiger partial charge in [-0.3, -0.25) is 0 Å². The van der Waals surface area contributed by atoms with E-state index in [-0.39, 0.29) is 25.4 Å². The number of hydrogen-bond donors (Lipinski definition) is 0. The molecule has 0 aliphatic rings. The zero-order chi connectivity index (χ0) is 26.9. The van der Waals surface area contributed by atoms with E-state index in [0.717, 1.165) is 24.8 Å². The number of hydrogen-bond acceptors (Lipinski definition) is 6. The van der Waals surface area contributed by atoms with E-state index >= 15 is 0 Å². The fourth-order valence-electron chi connectivity index (χ4n) is 4.58. The summed E-state index contributed by atoms with van der Waals surface area (Å²) >= 11 is -2.87. The molecule has 0 radical (unpaired) electrons. The van der Waals surface area contributed by atoms with Crippen LogP contribution in [0.2, 0.25) is 13.3 Å². The minimum atomic E-state index is -2.87. The zero-order valence-corrected chi connectivity index (χ0v) is 26.3. The van der Waals surface area contributed by atoms with Crippen molar-refractivity contribution in [2.24, 2.45) is 5.41 Å². The van der Waals surface area contributed by atoms with Crippen molar-refractivity contribution in [1.82, 2.24) is 0 Å². The number of allylic oxidation sites excluding steroid dienone is 2. The van der Waals surface area contributed by atoms with Crippen LogP contribution >= 0.6 is 0 Å². The van der Waals surface area contributed by atoms with Crippen molar-refractivity contribution in [2.45, 2.75) is 106 Å². The Bertz CT molecular complexity index is 692. The molecule has 0 aliphatic heterocycles. The van der Waals surface area contributed by atoms with Gasteiger partial charge in [-0.1, -0.05) is 0 Å². The van der Waals surface area contributed by atoms with Gasteiger partial charge in [0.2, 0.25) is 0 Å². The molecule has 1 unspecified atom stereocenters. The summed E-state index contributed by atoms with van der Waals surface area (Å²) in [6, 6.07) is 0. The van der Waals surface area contributed by atoms with Crippen LogP contribution in [0.15, 0.2) is 21.8 Å². The molecule has 0 aliphatic carbocycles. The van der Waals surface area contributed by atoms with E-state index in [0.29, 0.717) is 6.42 Å². The number of esters is 1. The van der Waals surface area contributed by atoms with E-state index in [1.807, 2.05) is 13.0 Å². The molecule has 0 saturated heterocycles. The predicted molar refractivity (Wildman–Crippen MR) is 145 cm³/mol. The monoisotopic (exact) mass is 602 g/mol. The zero-order valence-electron chi connectivity index (χ0n) is 23.4. The Hall–Kier alpha value is -1.31. The van der Waals surface area contributed by atoms with Crippen LogP contribution in [-0.4, -0.2) is 56.6 Å². The molecule has 202 valence electrons. The molecule has 0 N–H and O–H groups in total. The number of carbonyl (C=O) groups excluding carboxylic acids is 3. The third-order valence-corrected chi connectivity index (χ3v) is 23.0.